The summed E-state index contributed by atoms with van der Waals surface area (Å²) < 4.78 is 31.1. The van der Waals surface area contributed by atoms with Gasteiger partial charge in [0.05, 0.1) is 25.9 Å². The number of rotatable bonds is 18. The van der Waals surface area contributed by atoms with Gasteiger partial charge in [-0.25, -0.2) is 9.59 Å². The molecule has 0 bridgehead atoms. The number of unbranched alkanes of at least 4 members (excludes halogenated alkanes) is 4. The number of hydrogen-bond acceptors (Lipinski definition) is 13. The molecule has 0 fully saturated rings. The molecule has 13 nitrogen and oxygen atoms in total. The van der Waals surface area contributed by atoms with Gasteiger partial charge in [-0.15, -0.1) is 0 Å². The van der Waals surface area contributed by atoms with E-state index >= 15 is 0 Å². The van der Waals surface area contributed by atoms with Crippen molar-refractivity contribution in [1.29, 1.82) is 0 Å². The normalized spacial score (nSPS) is 20.5. The first-order valence-electron chi connectivity index (χ1n) is 13.2. The fraction of sp³-hybridized carbons (Fsp3) is 0.692. The van der Waals surface area contributed by atoms with Crippen molar-refractivity contribution in [2.24, 2.45) is 0 Å². The average Bonchev–Trinajstić information content (AvgIpc) is 3.38. The maximum atomic E-state index is 12.2. The van der Waals surface area contributed by atoms with Crippen LogP contribution < -0.4 is 0 Å². The molecule has 0 unspecified atom stereocenters. The molecule has 0 spiro atoms. The van der Waals surface area contributed by atoms with Crippen molar-refractivity contribution in [2.45, 2.75) is 96.6 Å². The number of ether oxygens (including phenoxy) is 6. The second kappa shape index (κ2) is 16.1. The van der Waals surface area contributed by atoms with Gasteiger partial charge in [0.15, 0.2) is 23.7 Å². The number of cyclic esters (lactones) is 2. The van der Waals surface area contributed by atoms with Gasteiger partial charge in [-0.2, -0.15) is 0 Å². The van der Waals surface area contributed by atoms with Crippen LogP contribution in [-0.4, -0.2) is 83.4 Å². The van der Waals surface area contributed by atoms with Crippen molar-refractivity contribution in [3.63, 3.8) is 0 Å². The first-order chi connectivity index (χ1) is 18.7. The van der Waals surface area contributed by atoms with Crippen molar-refractivity contribution in [1.82, 2.24) is 0 Å². The molecule has 0 saturated heterocycles. The third kappa shape index (κ3) is 8.94. The Morgan fingerprint density at radius 1 is 0.744 bits per heavy atom. The topological polar surface area (TPSA) is 184 Å². The third-order valence-corrected chi connectivity index (χ3v) is 5.90. The smallest absolute Gasteiger partial charge is 0.378 e. The Balaban J connectivity index is 1.72. The van der Waals surface area contributed by atoms with E-state index in [9.17, 15) is 29.4 Å². The summed E-state index contributed by atoms with van der Waals surface area (Å²) in [6.07, 6.45) is -1.27. The van der Waals surface area contributed by atoms with Gasteiger partial charge in [0.2, 0.25) is 0 Å². The van der Waals surface area contributed by atoms with Crippen LogP contribution in [0.5, 0.6) is 0 Å². The van der Waals surface area contributed by atoms with Crippen LogP contribution in [0, 0.1) is 0 Å². The van der Waals surface area contributed by atoms with Crippen molar-refractivity contribution >= 4 is 23.9 Å². The second-order valence-electron chi connectivity index (χ2n) is 8.85. The molecule has 0 saturated carbocycles. The van der Waals surface area contributed by atoms with E-state index in [2.05, 4.69) is 0 Å². The number of esters is 4. The minimum absolute atomic E-state index is 0.0205. The Morgan fingerprint density at radius 3 is 1.54 bits per heavy atom. The zero-order valence-electron chi connectivity index (χ0n) is 22.5. The highest BCUT2D eigenvalue weighted by molar-refractivity contribution is 5.93. The van der Waals surface area contributed by atoms with Crippen LogP contribution in [-0.2, 0) is 47.6 Å². The van der Waals surface area contributed by atoms with Gasteiger partial charge in [0.1, 0.15) is 6.10 Å². The molecule has 0 aromatic carbocycles. The Hall–Kier alpha value is -3.16. The number of carbonyl (C=O) groups excluding carboxylic acids is 4. The fourth-order valence-corrected chi connectivity index (χ4v) is 3.91. The lowest BCUT2D eigenvalue weighted by atomic mass is 10.1. The maximum absolute atomic E-state index is 12.2. The highest BCUT2D eigenvalue weighted by Gasteiger charge is 2.43. The van der Waals surface area contributed by atoms with E-state index in [-0.39, 0.29) is 43.3 Å². The molecular formula is C26H38O13. The molecule has 220 valence electrons. The minimum Gasteiger partial charge on any atom is -0.490 e. The molecule has 2 heterocycles. The summed E-state index contributed by atoms with van der Waals surface area (Å²) in [4.78, 5) is 48.6. The molecule has 0 aromatic heterocycles. The molecule has 0 amide bonds. The van der Waals surface area contributed by atoms with Gasteiger partial charge >= 0.3 is 23.9 Å². The van der Waals surface area contributed by atoms with Gasteiger partial charge in [0.25, 0.3) is 11.5 Å². The Bertz CT molecular complexity index is 864. The monoisotopic (exact) mass is 558 g/mol. The van der Waals surface area contributed by atoms with Crippen molar-refractivity contribution in [2.75, 3.05) is 19.8 Å². The summed E-state index contributed by atoms with van der Waals surface area (Å²) in [6, 6.07) is 0. The van der Waals surface area contributed by atoms with Gasteiger partial charge in [-0.3, -0.25) is 9.59 Å². The lowest BCUT2D eigenvalue weighted by molar-refractivity contribution is -0.153. The zero-order chi connectivity index (χ0) is 28.9. The van der Waals surface area contributed by atoms with Gasteiger partial charge in [-0.05, 0) is 33.1 Å². The van der Waals surface area contributed by atoms with E-state index in [4.69, 9.17) is 33.5 Å². The maximum Gasteiger partial charge on any atom is 0.378 e. The highest BCUT2D eigenvalue weighted by Crippen LogP contribution is 2.29. The molecule has 0 aromatic rings. The summed E-state index contributed by atoms with van der Waals surface area (Å²) in [5.41, 5.74) is 0. The predicted octanol–water partition coefficient (Wildman–Crippen LogP) is 1.27. The van der Waals surface area contributed by atoms with Crippen molar-refractivity contribution in [3.05, 3.63) is 23.0 Å². The van der Waals surface area contributed by atoms with Crippen LogP contribution in [0.15, 0.2) is 23.0 Å². The standard InChI is InChI=1S/C26H38O13/c1-4-15(28)19-21(34-5-2)23(25(32)38-19)36-17(30)12-10-8-7-9-11-13-18(31)37-24-22(35-6-3)20(16(29)14-27)39-26(24)33/h15-16,19-20,27-29H,4-14H2,1-3H3/t15-,16-,19+,20+/m0/s1. The number of aliphatic hydroxyl groups excluding tert-OH is 3. The number of carbonyl (C=O) groups is 4. The van der Waals surface area contributed by atoms with Crippen LogP contribution in [0.2, 0.25) is 0 Å². The average molecular weight is 559 g/mol. The number of hydrogen-bond donors (Lipinski definition) is 3. The van der Waals surface area contributed by atoms with Crippen LogP contribution in [0.4, 0.5) is 0 Å². The Labute approximate surface area is 226 Å². The van der Waals surface area contributed by atoms with Gasteiger partial charge < -0.3 is 43.7 Å². The van der Waals surface area contributed by atoms with E-state index in [0.29, 0.717) is 38.5 Å². The quantitative estimate of drug-likeness (QED) is 0.124. The summed E-state index contributed by atoms with van der Waals surface area (Å²) in [6.45, 7) is 4.72. The van der Waals surface area contributed by atoms with E-state index in [1.165, 1.54) is 0 Å². The van der Waals surface area contributed by atoms with Crippen LogP contribution in [0.25, 0.3) is 0 Å². The molecule has 39 heavy (non-hydrogen) atoms. The van der Waals surface area contributed by atoms with E-state index in [1.54, 1.807) is 20.8 Å². The molecule has 13 heteroatoms. The third-order valence-electron chi connectivity index (χ3n) is 5.90. The molecule has 4 atom stereocenters. The van der Waals surface area contributed by atoms with E-state index < -0.39 is 60.7 Å². The molecule has 3 N–H and O–H groups in total. The van der Waals surface area contributed by atoms with Crippen LogP contribution in [0.3, 0.4) is 0 Å². The summed E-state index contributed by atoms with van der Waals surface area (Å²) >= 11 is 0. The van der Waals surface area contributed by atoms with Gasteiger partial charge in [0, 0.05) is 12.8 Å². The second-order valence-corrected chi connectivity index (χ2v) is 8.85. The largest absolute Gasteiger partial charge is 0.490 e. The molecule has 2 rings (SSSR count). The molecule has 2 aliphatic rings. The lowest BCUT2D eigenvalue weighted by Crippen LogP contribution is -2.32. The Kier molecular flexibility index (Phi) is 13.2. The van der Waals surface area contributed by atoms with Crippen molar-refractivity contribution < 1.29 is 62.9 Å². The van der Waals surface area contributed by atoms with Crippen molar-refractivity contribution in [3.8, 4) is 0 Å². The number of aliphatic hydroxyl groups is 3. The molecule has 0 aliphatic carbocycles. The van der Waals surface area contributed by atoms with Crippen LogP contribution in [0.1, 0.15) is 72.1 Å². The highest BCUT2D eigenvalue weighted by atomic mass is 16.6. The predicted molar refractivity (Wildman–Crippen MR) is 131 cm³/mol. The molecule has 0 radical (unpaired) electrons. The first kappa shape index (κ1) is 32.1. The SMILES string of the molecule is CCOC1=C(OC(=O)CCCCCCCC(=O)OC2=C(OCC)[C@@H]([C@@H](O)CO)OC2=O)C(=O)O[C@@H]1[C@@H](O)CC. The molecular weight excluding hydrogens is 520 g/mol. The minimum atomic E-state index is -1.41. The Morgan fingerprint density at radius 2 is 1.15 bits per heavy atom. The fourth-order valence-electron chi connectivity index (χ4n) is 3.91. The molecule has 2 aliphatic heterocycles. The van der Waals surface area contributed by atoms with E-state index in [0.717, 1.165) is 0 Å². The van der Waals surface area contributed by atoms with Gasteiger partial charge in [-0.1, -0.05) is 26.2 Å². The van der Waals surface area contributed by atoms with E-state index in [1.807, 2.05) is 0 Å². The zero-order valence-corrected chi connectivity index (χ0v) is 22.5. The summed E-state index contributed by atoms with van der Waals surface area (Å²) in [5, 5.41) is 29.0. The first-order valence-corrected chi connectivity index (χ1v) is 13.2. The summed E-state index contributed by atoms with van der Waals surface area (Å²) in [5.74, 6) is -3.97. The van der Waals surface area contributed by atoms with Crippen LogP contribution >= 0.6 is 0 Å². The summed E-state index contributed by atoms with van der Waals surface area (Å²) in [7, 11) is 0. The lowest BCUT2D eigenvalue weighted by Gasteiger charge is -2.18.